The van der Waals surface area contributed by atoms with E-state index < -0.39 is 21.4 Å². The van der Waals surface area contributed by atoms with E-state index in [0.717, 1.165) is 0 Å². The van der Waals surface area contributed by atoms with Gasteiger partial charge in [-0.3, -0.25) is 9.29 Å². The Kier molecular flexibility index (Phi) is 8.06. The van der Waals surface area contributed by atoms with Crippen LogP contribution in [-0.2, 0) is 19.5 Å². The summed E-state index contributed by atoms with van der Waals surface area (Å²) in [5.74, 6) is 0.636. The van der Waals surface area contributed by atoms with E-state index in [4.69, 9.17) is 30.5 Å². The first-order valence-electron chi connectivity index (χ1n) is 11.3. The highest BCUT2D eigenvalue weighted by Gasteiger charge is 2.45. The molecule has 3 aromatic rings. The molecule has 3 aromatic heterocycles. The van der Waals surface area contributed by atoms with Crippen LogP contribution >= 0.6 is 11.6 Å². The summed E-state index contributed by atoms with van der Waals surface area (Å²) in [6, 6.07) is 0. The molecule has 16 heteroatoms. The lowest BCUT2D eigenvalue weighted by Crippen LogP contribution is -2.33. The van der Waals surface area contributed by atoms with E-state index in [-0.39, 0.29) is 41.2 Å². The maximum Gasteiger partial charge on any atom is 0.245 e. The van der Waals surface area contributed by atoms with E-state index in [0.29, 0.717) is 23.9 Å². The van der Waals surface area contributed by atoms with Crippen LogP contribution in [0.25, 0.3) is 5.69 Å². The average molecular weight is 555 g/mol. The summed E-state index contributed by atoms with van der Waals surface area (Å²) in [7, 11) is 0.0895. The summed E-state index contributed by atoms with van der Waals surface area (Å²) < 4.78 is 53.1. The van der Waals surface area contributed by atoms with Crippen molar-refractivity contribution in [1.82, 2.24) is 34.7 Å². The molecule has 1 aliphatic rings. The van der Waals surface area contributed by atoms with Crippen LogP contribution in [0.4, 0.5) is 5.95 Å². The number of halogens is 1. The van der Waals surface area contributed by atoms with Crippen LogP contribution in [-0.4, -0.2) is 82.4 Å². The fourth-order valence-electron chi connectivity index (χ4n) is 3.86. The van der Waals surface area contributed by atoms with Crippen molar-refractivity contribution < 1.29 is 27.4 Å². The fourth-order valence-corrected chi connectivity index (χ4v) is 5.09. The van der Waals surface area contributed by atoms with E-state index in [1.165, 1.54) is 51.5 Å². The van der Waals surface area contributed by atoms with E-state index in [9.17, 15) is 8.42 Å². The molecule has 0 unspecified atom stereocenters. The van der Waals surface area contributed by atoms with Gasteiger partial charge in [-0.1, -0.05) is 11.6 Å². The summed E-state index contributed by atoms with van der Waals surface area (Å²) in [5.41, 5.74) is 0.240. The van der Waals surface area contributed by atoms with Gasteiger partial charge in [0.1, 0.15) is 23.5 Å². The third-order valence-electron chi connectivity index (χ3n) is 5.80. The Balaban J connectivity index is 1.76. The second-order valence-electron chi connectivity index (χ2n) is 8.06. The van der Waals surface area contributed by atoms with Crippen molar-refractivity contribution >= 4 is 27.6 Å². The van der Waals surface area contributed by atoms with Crippen LogP contribution in [0.15, 0.2) is 18.7 Å². The summed E-state index contributed by atoms with van der Waals surface area (Å²) in [6.45, 7) is 3.89. The predicted octanol–water partition coefficient (Wildman–Crippen LogP) is 1.93. The second kappa shape index (κ2) is 11.1. The zero-order chi connectivity index (χ0) is 26.7. The van der Waals surface area contributed by atoms with Gasteiger partial charge in [-0.2, -0.15) is 9.97 Å². The van der Waals surface area contributed by atoms with Gasteiger partial charge in [-0.05, 0) is 20.3 Å². The van der Waals surface area contributed by atoms with E-state index in [1.807, 2.05) is 6.92 Å². The quantitative estimate of drug-likeness (QED) is 0.346. The van der Waals surface area contributed by atoms with Crippen molar-refractivity contribution in [3.05, 3.63) is 35.4 Å². The Morgan fingerprint density at radius 1 is 1.11 bits per heavy atom. The lowest BCUT2D eigenvalue weighted by atomic mass is 10.2. The number of anilines is 1. The first kappa shape index (κ1) is 26.9. The van der Waals surface area contributed by atoms with E-state index in [1.54, 1.807) is 0 Å². The van der Waals surface area contributed by atoms with Crippen molar-refractivity contribution in [2.75, 3.05) is 32.7 Å². The first-order valence-corrected chi connectivity index (χ1v) is 13.2. The molecule has 0 amide bonds. The van der Waals surface area contributed by atoms with Gasteiger partial charge in [0.2, 0.25) is 27.7 Å². The molecule has 1 fully saturated rings. The van der Waals surface area contributed by atoms with Crippen molar-refractivity contribution in [3.63, 3.8) is 0 Å². The normalized spacial score (nSPS) is 18.8. The number of nitrogens with zero attached hydrogens (tertiary/aromatic N) is 7. The SMILES string of the molecule is CCO[C@@H]1C[C@@H]1c1nnc(NS(=O)(=O)[C@@H](C)[C@H](OC)c2ncc(Cl)cn2)n1-c1c(OC)ncnc1OC. The van der Waals surface area contributed by atoms with Crippen LogP contribution < -0.4 is 14.2 Å². The first-order chi connectivity index (χ1) is 17.7. The molecule has 0 bridgehead atoms. The van der Waals surface area contributed by atoms with Crippen LogP contribution in [0.1, 0.15) is 43.9 Å². The minimum absolute atomic E-state index is 0.0853. The molecule has 0 aliphatic heterocycles. The molecule has 1 N–H and O–H groups in total. The molecule has 1 aliphatic carbocycles. The second-order valence-corrected chi connectivity index (χ2v) is 10.5. The maximum absolute atomic E-state index is 13.5. The van der Waals surface area contributed by atoms with Gasteiger partial charge in [-0.25, -0.2) is 18.4 Å². The molecule has 4 rings (SSSR count). The number of methoxy groups -OCH3 is 3. The Hall–Kier alpha value is -3.14. The van der Waals surface area contributed by atoms with Gasteiger partial charge in [0.05, 0.1) is 25.3 Å². The largest absolute Gasteiger partial charge is 0.479 e. The number of nitrogens with one attached hydrogen (secondary N) is 1. The smallest absolute Gasteiger partial charge is 0.245 e. The number of hydrogen-bond donors (Lipinski definition) is 1. The van der Waals surface area contributed by atoms with E-state index >= 15 is 0 Å². The Labute approximate surface area is 218 Å². The molecular formula is C21H27ClN8O6S. The fraction of sp³-hybridized carbons (Fsp3) is 0.524. The van der Waals surface area contributed by atoms with Gasteiger partial charge >= 0.3 is 0 Å². The minimum Gasteiger partial charge on any atom is -0.479 e. The molecule has 0 spiro atoms. The maximum atomic E-state index is 13.5. The van der Waals surface area contributed by atoms with Crippen molar-refractivity contribution in [1.29, 1.82) is 0 Å². The summed E-state index contributed by atoms with van der Waals surface area (Å²) in [6.07, 6.45) is 3.60. The highest BCUT2D eigenvalue weighted by Crippen LogP contribution is 2.45. The van der Waals surface area contributed by atoms with Crippen molar-refractivity contribution in [2.45, 2.75) is 43.6 Å². The summed E-state index contributed by atoms with van der Waals surface area (Å²) in [5, 5.41) is 7.60. The van der Waals surface area contributed by atoms with Gasteiger partial charge < -0.3 is 18.9 Å². The highest BCUT2D eigenvalue weighted by atomic mass is 35.5. The van der Waals surface area contributed by atoms with Crippen molar-refractivity contribution in [3.8, 4) is 17.4 Å². The third kappa shape index (κ3) is 5.44. The summed E-state index contributed by atoms with van der Waals surface area (Å²) >= 11 is 5.87. The molecule has 37 heavy (non-hydrogen) atoms. The number of rotatable bonds is 12. The Morgan fingerprint density at radius 3 is 2.32 bits per heavy atom. The number of ether oxygens (including phenoxy) is 4. The molecule has 4 atom stereocenters. The lowest BCUT2D eigenvalue weighted by molar-refractivity contribution is 0.0950. The summed E-state index contributed by atoms with van der Waals surface area (Å²) in [4.78, 5) is 16.5. The number of aromatic nitrogens is 7. The monoisotopic (exact) mass is 554 g/mol. The van der Waals surface area contributed by atoms with Gasteiger partial charge in [-0.15, -0.1) is 10.2 Å². The van der Waals surface area contributed by atoms with Crippen molar-refractivity contribution in [2.24, 2.45) is 0 Å². The van der Waals surface area contributed by atoms with Crippen LogP contribution in [0.5, 0.6) is 11.8 Å². The number of sulfonamides is 1. The third-order valence-corrected chi connectivity index (χ3v) is 7.68. The molecule has 200 valence electrons. The Bertz CT molecular complexity index is 1320. The van der Waals surface area contributed by atoms with Crippen LogP contribution in [0.3, 0.4) is 0 Å². The van der Waals surface area contributed by atoms with Crippen LogP contribution in [0, 0.1) is 0 Å². The Morgan fingerprint density at radius 2 is 1.76 bits per heavy atom. The van der Waals surface area contributed by atoms with E-state index in [2.05, 4.69) is 34.9 Å². The zero-order valence-electron chi connectivity index (χ0n) is 20.8. The topological polar surface area (TPSA) is 165 Å². The minimum atomic E-state index is -4.13. The van der Waals surface area contributed by atoms with Gasteiger partial charge in [0.15, 0.2) is 11.5 Å². The van der Waals surface area contributed by atoms with Gasteiger partial charge in [0.25, 0.3) is 0 Å². The van der Waals surface area contributed by atoms with Crippen LogP contribution in [0.2, 0.25) is 5.02 Å². The standard InChI is InChI=1S/C21H27ClN8O6S/c1-6-36-14-7-13(14)18-27-28-21(30(18)15-19(34-4)25-10-26-20(15)35-5)29-37(31,32)11(2)16(33-3)17-23-8-12(22)9-24-17/h8-11,13-14,16H,6-7H2,1-5H3,(H,28,29)/t11-,13-,14+,16-/m0/s1. The molecule has 0 saturated heterocycles. The highest BCUT2D eigenvalue weighted by molar-refractivity contribution is 7.93. The molecule has 0 radical (unpaired) electrons. The average Bonchev–Trinajstić information content (AvgIpc) is 3.54. The molecule has 14 nitrogen and oxygen atoms in total. The number of hydrogen-bond acceptors (Lipinski definition) is 12. The van der Waals surface area contributed by atoms with Gasteiger partial charge in [0, 0.05) is 32.0 Å². The molecular weight excluding hydrogens is 528 g/mol. The lowest BCUT2D eigenvalue weighted by Gasteiger charge is -2.22. The predicted molar refractivity (Wildman–Crippen MR) is 132 cm³/mol. The molecule has 1 saturated carbocycles. The molecule has 3 heterocycles. The zero-order valence-corrected chi connectivity index (χ0v) is 22.4. The molecule has 0 aromatic carbocycles.